The van der Waals surface area contributed by atoms with Gasteiger partial charge in [0, 0.05) is 44.7 Å². The molecule has 0 spiro atoms. The number of aryl methyl sites for hydroxylation is 1. The second-order valence-electron chi connectivity index (χ2n) is 11.7. The van der Waals surface area contributed by atoms with Gasteiger partial charge in [-0.3, -0.25) is 4.99 Å². The number of carbonyl (C=O) groups is 1. The van der Waals surface area contributed by atoms with Crippen molar-refractivity contribution in [1.82, 2.24) is 14.5 Å². The number of halogens is 2. The third kappa shape index (κ3) is 9.36. The number of ether oxygens (including phenoxy) is 4. The van der Waals surface area contributed by atoms with Gasteiger partial charge in [0.1, 0.15) is 29.9 Å². The number of hydrogen-bond acceptors (Lipinski definition) is 10. The predicted octanol–water partition coefficient (Wildman–Crippen LogP) is 6.22. The van der Waals surface area contributed by atoms with Gasteiger partial charge in [0.15, 0.2) is 17.5 Å². The summed E-state index contributed by atoms with van der Waals surface area (Å²) in [5.74, 6) is -3.87. The van der Waals surface area contributed by atoms with Gasteiger partial charge >= 0.3 is 5.97 Å². The summed E-state index contributed by atoms with van der Waals surface area (Å²) in [4.78, 5) is 26.7. The molecule has 0 aliphatic rings. The van der Waals surface area contributed by atoms with Crippen LogP contribution in [0.5, 0.6) is 29.0 Å². The molecule has 0 bridgehead atoms. The van der Waals surface area contributed by atoms with Crippen LogP contribution in [0.4, 0.5) is 14.5 Å². The monoisotopic (exact) mass is 724 g/mol. The summed E-state index contributed by atoms with van der Waals surface area (Å²) in [5, 5.41) is 9.64. The van der Waals surface area contributed by atoms with Gasteiger partial charge in [-0.15, -0.1) is 0 Å². The second-order valence-corrected chi connectivity index (χ2v) is 11.7. The molecule has 4 N–H and O–H groups in total. The number of aromatic nitrogens is 3. The predicted molar refractivity (Wildman–Crippen MR) is 194 cm³/mol. The number of rotatable bonds is 16. The van der Waals surface area contributed by atoms with Gasteiger partial charge in [0.05, 0.1) is 18.2 Å². The summed E-state index contributed by atoms with van der Waals surface area (Å²) in [5.41, 5.74) is 11.9. The highest BCUT2D eigenvalue weighted by Crippen LogP contribution is 2.41. The molecule has 274 valence electrons. The SMILES string of the molecule is CCOC(=O)C(CCCN=C(N)N)N(C)c1c(F)c(Oc2cccc(-c3nccn3C)c2)nc(Oc2cc(C#N)ccc2OCc2ccccc2)c1F. The topological polar surface area (TPSA) is 176 Å². The van der Waals surface area contributed by atoms with Crippen molar-refractivity contribution >= 4 is 17.6 Å². The van der Waals surface area contributed by atoms with Crippen LogP contribution < -0.4 is 30.6 Å². The van der Waals surface area contributed by atoms with Crippen molar-refractivity contribution in [3.05, 3.63) is 108 Å². The standard InChI is InChI=1S/C38H38F2N8O5/c1-4-50-37(49)28(14-9-17-45-38(42)43)48(3)33-31(39)35(52-27-13-8-12-26(21-27)34-44-18-19-47(34)2)46-36(32(33)40)53-30-20-25(22-41)15-16-29(30)51-23-24-10-6-5-7-11-24/h5-8,10-13,15-16,18-21,28H,4,9,14,17,23H2,1-3H3,(H4,42,43,45). The fourth-order valence-electron chi connectivity index (χ4n) is 5.36. The molecule has 2 heterocycles. The Labute approximate surface area is 305 Å². The summed E-state index contributed by atoms with van der Waals surface area (Å²) in [6.07, 6.45) is 3.74. The molecule has 0 fully saturated rings. The van der Waals surface area contributed by atoms with Crippen LogP contribution in [0.25, 0.3) is 11.4 Å². The lowest BCUT2D eigenvalue weighted by molar-refractivity contribution is -0.144. The molecule has 0 saturated heterocycles. The van der Waals surface area contributed by atoms with E-state index in [9.17, 15) is 10.1 Å². The number of nitriles is 1. The third-order valence-electron chi connectivity index (χ3n) is 7.95. The van der Waals surface area contributed by atoms with E-state index in [-0.39, 0.29) is 61.4 Å². The van der Waals surface area contributed by atoms with Crippen molar-refractivity contribution in [3.63, 3.8) is 0 Å². The van der Waals surface area contributed by atoms with Gasteiger partial charge in [-0.1, -0.05) is 42.5 Å². The molecule has 15 heteroatoms. The van der Waals surface area contributed by atoms with Gasteiger partial charge < -0.3 is 39.9 Å². The first-order chi connectivity index (χ1) is 25.6. The molecule has 53 heavy (non-hydrogen) atoms. The molecule has 0 amide bonds. The minimum absolute atomic E-state index is 0.0223. The largest absolute Gasteiger partial charge is 0.485 e. The Balaban J connectivity index is 1.59. The van der Waals surface area contributed by atoms with E-state index in [1.54, 1.807) is 48.1 Å². The van der Waals surface area contributed by atoms with Crippen molar-refractivity contribution in [1.29, 1.82) is 5.26 Å². The van der Waals surface area contributed by atoms with Gasteiger partial charge in [0.2, 0.25) is 11.6 Å². The van der Waals surface area contributed by atoms with Gasteiger partial charge in [0.25, 0.3) is 11.8 Å². The van der Waals surface area contributed by atoms with E-state index in [2.05, 4.69) is 15.0 Å². The number of pyridine rings is 1. The highest BCUT2D eigenvalue weighted by atomic mass is 19.1. The summed E-state index contributed by atoms with van der Waals surface area (Å²) < 4.78 is 58.3. The Hall–Kier alpha value is -6.69. The average molecular weight is 725 g/mol. The molecule has 3 aromatic carbocycles. The molecule has 0 aliphatic heterocycles. The van der Waals surface area contributed by atoms with Crippen LogP contribution in [0.15, 0.2) is 90.2 Å². The molecule has 0 saturated carbocycles. The average Bonchev–Trinajstić information content (AvgIpc) is 3.59. The normalized spacial score (nSPS) is 11.2. The molecule has 0 aliphatic carbocycles. The summed E-state index contributed by atoms with van der Waals surface area (Å²) in [6, 6.07) is 21.1. The summed E-state index contributed by atoms with van der Waals surface area (Å²) in [7, 11) is 3.16. The zero-order valence-corrected chi connectivity index (χ0v) is 29.3. The number of likely N-dealkylation sites (N-methyl/N-ethyl adjacent to an activating group) is 1. The van der Waals surface area contributed by atoms with Crippen LogP contribution in [-0.4, -0.2) is 52.7 Å². The minimum Gasteiger partial charge on any atom is -0.485 e. The molecule has 13 nitrogen and oxygen atoms in total. The van der Waals surface area contributed by atoms with Crippen molar-refractivity contribution in [2.24, 2.45) is 23.5 Å². The van der Waals surface area contributed by atoms with Crippen molar-refractivity contribution < 1.29 is 32.5 Å². The van der Waals surface area contributed by atoms with Crippen LogP contribution in [-0.2, 0) is 23.2 Å². The van der Waals surface area contributed by atoms with E-state index in [4.69, 9.17) is 30.4 Å². The number of carbonyl (C=O) groups excluding carboxylic acids is 1. The lowest BCUT2D eigenvalue weighted by Gasteiger charge is -2.29. The lowest BCUT2D eigenvalue weighted by Crippen LogP contribution is -2.41. The lowest BCUT2D eigenvalue weighted by atomic mass is 10.1. The Morgan fingerprint density at radius 1 is 1.02 bits per heavy atom. The first kappa shape index (κ1) is 37.6. The Morgan fingerprint density at radius 3 is 2.45 bits per heavy atom. The maximum absolute atomic E-state index is 16.7. The fourth-order valence-corrected chi connectivity index (χ4v) is 5.36. The smallest absolute Gasteiger partial charge is 0.328 e. The number of hydrogen-bond donors (Lipinski definition) is 2. The first-order valence-electron chi connectivity index (χ1n) is 16.6. The van der Waals surface area contributed by atoms with Gasteiger partial charge in [-0.05, 0) is 49.6 Å². The quantitative estimate of drug-likeness (QED) is 0.0512. The maximum Gasteiger partial charge on any atom is 0.328 e. The van der Waals surface area contributed by atoms with E-state index in [0.717, 1.165) is 10.5 Å². The van der Waals surface area contributed by atoms with E-state index in [0.29, 0.717) is 11.4 Å². The fraction of sp³-hybridized carbons (Fsp3) is 0.237. The highest BCUT2D eigenvalue weighted by Gasteiger charge is 2.33. The number of esters is 1. The Morgan fingerprint density at radius 2 is 1.77 bits per heavy atom. The van der Waals surface area contributed by atoms with Crippen molar-refractivity contribution in [3.8, 4) is 46.5 Å². The summed E-state index contributed by atoms with van der Waals surface area (Å²) >= 11 is 0. The number of benzene rings is 3. The molecule has 1 atom stereocenters. The first-order valence-corrected chi connectivity index (χ1v) is 16.6. The molecular formula is C38H38F2N8O5. The molecular weight excluding hydrogens is 686 g/mol. The van der Waals surface area contributed by atoms with E-state index in [1.165, 1.54) is 25.2 Å². The Kier molecular flexibility index (Phi) is 12.4. The number of imidazole rings is 1. The third-order valence-corrected chi connectivity index (χ3v) is 7.95. The van der Waals surface area contributed by atoms with Crippen LogP contribution in [0, 0.1) is 23.0 Å². The molecule has 1 unspecified atom stereocenters. The zero-order chi connectivity index (χ0) is 37.9. The number of anilines is 1. The molecule has 5 rings (SSSR count). The van der Waals surface area contributed by atoms with E-state index in [1.807, 2.05) is 43.4 Å². The number of nitrogens with zero attached hydrogens (tertiary/aromatic N) is 6. The molecule has 2 aromatic heterocycles. The van der Waals surface area contributed by atoms with Crippen LogP contribution in [0.3, 0.4) is 0 Å². The van der Waals surface area contributed by atoms with Crippen LogP contribution in [0.2, 0.25) is 0 Å². The zero-order valence-electron chi connectivity index (χ0n) is 29.3. The molecule has 5 aromatic rings. The Bertz CT molecular complexity index is 2120. The van der Waals surface area contributed by atoms with Gasteiger partial charge in [-0.25, -0.2) is 9.78 Å². The number of guanidine groups is 1. The second kappa shape index (κ2) is 17.5. The summed E-state index contributed by atoms with van der Waals surface area (Å²) in [6.45, 7) is 1.92. The van der Waals surface area contributed by atoms with Crippen molar-refractivity contribution in [2.75, 3.05) is 25.1 Å². The number of aliphatic imine (C=N–C) groups is 1. The van der Waals surface area contributed by atoms with Crippen molar-refractivity contribution in [2.45, 2.75) is 32.4 Å². The number of nitrogens with two attached hydrogens (primary N) is 2. The maximum atomic E-state index is 16.7. The van der Waals surface area contributed by atoms with E-state index < -0.39 is 41.1 Å². The highest BCUT2D eigenvalue weighted by molar-refractivity contribution is 5.80. The minimum atomic E-state index is -1.26. The van der Waals surface area contributed by atoms with Gasteiger partial charge in [-0.2, -0.15) is 19.0 Å². The van der Waals surface area contributed by atoms with Crippen LogP contribution in [0.1, 0.15) is 30.9 Å². The van der Waals surface area contributed by atoms with Crippen LogP contribution >= 0.6 is 0 Å². The van der Waals surface area contributed by atoms with E-state index >= 15 is 8.78 Å². The molecule has 0 radical (unpaired) electrons.